The van der Waals surface area contributed by atoms with E-state index < -0.39 is 23.2 Å². The van der Waals surface area contributed by atoms with E-state index in [9.17, 15) is 22.8 Å². The Morgan fingerprint density at radius 3 is 2.64 bits per heavy atom. The molecule has 5 fully saturated rings. The van der Waals surface area contributed by atoms with Gasteiger partial charge in [-0.1, -0.05) is 0 Å². The minimum atomic E-state index is -4.45. The van der Waals surface area contributed by atoms with Crippen LogP contribution in [-0.4, -0.2) is 47.2 Å². The number of ether oxygens (including phenoxy) is 2. The van der Waals surface area contributed by atoms with Gasteiger partial charge in [0.05, 0.1) is 12.1 Å². The van der Waals surface area contributed by atoms with Gasteiger partial charge in [-0.25, -0.2) is 9.78 Å². The molecular formula is C23H28F3N3O4. The summed E-state index contributed by atoms with van der Waals surface area (Å²) in [5.41, 5.74) is 4.49. The van der Waals surface area contributed by atoms with Gasteiger partial charge >= 0.3 is 12.3 Å². The van der Waals surface area contributed by atoms with Crippen LogP contribution in [0.15, 0.2) is 18.3 Å². The average Bonchev–Trinajstić information content (AvgIpc) is 3.13. The van der Waals surface area contributed by atoms with E-state index in [2.05, 4.69) is 4.98 Å². The second-order valence-corrected chi connectivity index (χ2v) is 10.2. The molecular weight excluding hydrogens is 439 g/mol. The zero-order chi connectivity index (χ0) is 23.4. The number of aromatic nitrogens is 1. The number of rotatable bonds is 4. The van der Waals surface area contributed by atoms with Crippen LogP contribution in [0.4, 0.5) is 18.0 Å². The summed E-state index contributed by atoms with van der Waals surface area (Å²) in [4.78, 5) is 30.5. The van der Waals surface area contributed by atoms with Crippen molar-refractivity contribution in [2.45, 2.75) is 63.3 Å². The van der Waals surface area contributed by atoms with E-state index in [-0.39, 0.29) is 42.4 Å². The molecule has 6 atom stereocenters. The summed E-state index contributed by atoms with van der Waals surface area (Å²) in [6.45, 7) is 0.734. The maximum absolute atomic E-state index is 12.9. The van der Waals surface area contributed by atoms with Crippen LogP contribution >= 0.6 is 0 Å². The number of nitrogens with two attached hydrogens (primary N) is 1. The molecule has 6 rings (SSSR count). The molecule has 7 nitrogen and oxygen atoms in total. The summed E-state index contributed by atoms with van der Waals surface area (Å²) in [7, 11) is 0. The van der Waals surface area contributed by atoms with E-state index in [1.807, 2.05) is 0 Å². The Hall–Kier alpha value is -2.52. The summed E-state index contributed by atoms with van der Waals surface area (Å²) in [5.74, 6) is 0.762. The van der Waals surface area contributed by atoms with Crippen LogP contribution in [0.25, 0.3) is 0 Å². The Morgan fingerprint density at radius 2 is 1.94 bits per heavy atom. The van der Waals surface area contributed by atoms with Gasteiger partial charge < -0.3 is 20.1 Å². The van der Waals surface area contributed by atoms with Crippen molar-refractivity contribution < 1.29 is 32.2 Å². The fourth-order valence-corrected chi connectivity index (χ4v) is 6.54. The number of alkyl halides is 3. The quantitative estimate of drug-likeness (QED) is 0.728. The predicted molar refractivity (Wildman–Crippen MR) is 110 cm³/mol. The highest BCUT2D eigenvalue weighted by atomic mass is 19.4. The van der Waals surface area contributed by atoms with Crippen LogP contribution in [0.1, 0.15) is 50.5 Å². The van der Waals surface area contributed by atoms with Crippen molar-refractivity contribution >= 4 is 12.0 Å². The highest BCUT2D eigenvalue weighted by molar-refractivity contribution is 5.81. The number of nitrogens with zero attached hydrogens (tertiary/aromatic N) is 2. The number of halogens is 3. The van der Waals surface area contributed by atoms with Gasteiger partial charge in [-0.2, -0.15) is 13.2 Å². The molecule has 0 spiro atoms. The Balaban J connectivity index is 1.18. The molecule has 180 valence electrons. The van der Waals surface area contributed by atoms with E-state index in [0.29, 0.717) is 25.3 Å². The molecule has 1 aliphatic heterocycles. The fraction of sp³-hybridized carbons (Fsp3) is 0.696. The zero-order valence-electron chi connectivity index (χ0n) is 18.2. The third-order valence-corrected chi connectivity index (χ3v) is 8.04. The molecule has 1 aromatic heterocycles. The van der Waals surface area contributed by atoms with Crippen molar-refractivity contribution in [1.29, 1.82) is 0 Å². The van der Waals surface area contributed by atoms with E-state index in [1.54, 1.807) is 4.90 Å². The first-order valence-electron chi connectivity index (χ1n) is 11.6. The molecule has 6 unspecified atom stereocenters. The molecule has 2 amide bonds. The lowest BCUT2D eigenvalue weighted by molar-refractivity contribution is -0.138. The molecule has 1 aromatic rings. The minimum absolute atomic E-state index is 0.0949. The number of likely N-dealkylation sites (tertiary alicyclic amines) is 1. The van der Waals surface area contributed by atoms with Gasteiger partial charge in [0.25, 0.3) is 0 Å². The molecule has 4 aliphatic carbocycles. The van der Waals surface area contributed by atoms with Gasteiger partial charge in [0.15, 0.2) is 0 Å². The van der Waals surface area contributed by atoms with Crippen LogP contribution in [0.3, 0.4) is 0 Å². The summed E-state index contributed by atoms with van der Waals surface area (Å²) in [6.07, 6.45) is 0.981. The van der Waals surface area contributed by atoms with Gasteiger partial charge in [-0.05, 0) is 62.3 Å². The molecule has 2 heterocycles. The number of carbonyl (C=O) groups is 2. The minimum Gasteiger partial charge on any atom is -0.472 e. The van der Waals surface area contributed by atoms with Gasteiger partial charge in [0.1, 0.15) is 12.2 Å². The average molecular weight is 467 g/mol. The van der Waals surface area contributed by atoms with Gasteiger partial charge in [0, 0.05) is 30.6 Å². The van der Waals surface area contributed by atoms with Crippen molar-refractivity contribution in [3.8, 4) is 5.88 Å². The SMILES string of the molecule is NC(=O)C12CCC3CC(CC(C1)C3OC(=O)N1CCC(Oc3ccc(C(F)(F)F)cn3)C1)C2. The van der Waals surface area contributed by atoms with Crippen molar-refractivity contribution in [2.24, 2.45) is 28.9 Å². The third-order valence-electron chi connectivity index (χ3n) is 8.04. The van der Waals surface area contributed by atoms with Crippen LogP contribution in [0.5, 0.6) is 5.88 Å². The Labute approximate surface area is 189 Å². The van der Waals surface area contributed by atoms with Crippen molar-refractivity contribution in [2.75, 3.05) is 13.1 Å². The Kier molecular flexibility index (Phi) is 5.44. The number of amides is 2. The molecule has 4 bridgehead atoms. The monoisotopic (exact) mass is 467 g/mol. The maximum atomic E-state index is 12.9. The highest BCUT2D eigenvalue weighted by Crippen LogP contribution is 2.57. The number of primary amides is 1. The van der Waals surface area contributed by atoms with Crippen LogP contribution in [0.2, 0.25) is 0 Å². The van der Waals surface area contributed by atoms with E-state index >= 15 is 0 Å². The van der Waals surface area contributed by atoms with E-state index in [4.69, 9.17) is 15.2 Å². The van der Waals surface area contributed by atoms with Crippen LogP contribution in [0, 0.1) is 23.2 Å². The number of hydrogen-bond donors (Lipinski definition) is 1. The number of carbonyl (C=O) groups excluding carboxylic acids is 2. The first-order chi connectivity index (χ1) is 15.6. The first kappa shape index (κ1) is 22.3. The van der Waals surface area contributed by atoms with E-state index in [1.165, 1.54) is 6.07 Å². The first-order valence-corrected chi connectivity index (χ1v) is 11.6. The maximum Gasteiger partial charge on any atom is 0.417 e. The molecule has 1 saturated heterocycles. The molecule has 0 radical (unpaired) electrons. The van der Waals surface area contributed by atoms with Gasteiger partial charge in [0.2, 0.25) is 11.8 Å². The molecule has 10 heteroatoms. The van der Waals surface area contributed by atoms with Gasteiger partial charge in [-0.15, -0.1) is 0 Å². The number of fused-ring (bicyclic) bond motifs is 1. The Morgan fingerprint density at radius 1 is 1.15 bits per heavy atom. The largest absolute Gasteiger partial charge is 0.472 e. The normalized spacial score (nSPS) is 35.4. The Bertz CT molecular complexity index is 925. The second-order valence-electron chi connectivity index (χ2n) is 10.2. The zero-order valence-corrected chi connectivity index (χ0v) is 18.2. The second kappa shape index (κ2) is 8.06. The summed E-state index contributed by atoms with van der Waals surface area (Å²) < 4.78 is 49.8. The molecule has 0 aromatic carbocycles. The van der Waals surface area contributed by atoms with Crippen LogP contribution < -0.4 is 10.5 Å². The standard InChI is InChI=1S/C23H28F3N3O4/c24-23(25,26)16-1-2-18(28-11-16)32-17-4-6-29(12-17)21(31)33-19-14-3-5-22(20(27)30)9-13(7-14)8-15(19)10-22/h1-2,11,13-15,17,19H,3-10,12H2,(H2,27,30). The van der Waals surface area contributed by atoms with Gasteiger partial charge in [-0.3, -0.25) is 4.79 Å². The number of hydrogen-bond acceptors (Lipinski definition) is 5. The topological polar surface area (TPSA) is 94.8 Å². The molecule has 2 N–H and O–H groups in total. The van der Waals surface area contributed by atoms with E-state index in [0.717, 1.165) is 44.4 Å². The lowest BCUT2D eigenvalue weighted by atomic mass is 9.60. The van der Waals surface area contributed by atoms with Crippen molar-refractivity contribution in [3.05, 3.63) is 23.9 Å². The third kappa shape index (κ3) is 4.24. The summed E-state index contributed by atoms with van der Waals surface area (Å²) >= 11 is 0. The number of pyridine rings is 1. The predicted octanol–water partition coefficient (Wildman–Crippen LogP) is 3.76. The summed E-state index contributed by atoms with van der Waals surface area (Å²) in [6, 6.07) is 2.12. The smallest absolute Gasteiger partial charge is 0.417 e. The molecule has 33 heavy (non-hydrogen) atoms. The van der Waals surface area contributed by atoms with Crippen LogP contribution in [-0.2, 0) is 15.7 Å². The van der Waals surface area contributed by atoms with Crippen molar-refractivity contribution in [1.82, 2.24) is 9.88 Å². The highest BCUT2D eigenvalue weighted by Gasteiger charge is 2.55. The summed E-state index contributed by atoms with van der Waals surface area (Å²) in [5, 5.41) is 0. The lowest BCUT2D eigenvalue weighted by Gasteiger charge is -2.47. The molecule has 5 aliphatic rings. The lowest BCUT2D eigenvalue weighted by Crippen LogP contribution is -2.49. The van der Waals surface area contributed by atoms with Crippen molar-refractivity contribution in [3.63, 3.8) is 0 Å². The molecule has 4 saturated carbocycles. The fourth-order valence-electron chi connectivity index (χ4n) is 6.54.